The van der Waals surface area contributed by atoms with E-state index in [0.29, 0.717) is 23.5 Å². The number of alkyl halides is 3. The number of halogens is 3. The molecule has 2 aromatic heterocycles. The van der Waals surface area contributed by atoms with Gasteiger partial charge in [-0.2, -0.15) is 13.2 Å². The summed E-state index contributed by atoms with van der Waals surface area (Å²) in [5, 5.41) is 16.0. The van der Waals surface area contributed by atoms with E-state index in [1.54, 1.807) is 0 Å². The highest BCUT2D eigenvalue weighted by molar-refractivity contribution is 7.10. The predicted molar refractivity (Wildman–Crippen MR) is 85.0 cm³/mol. The maximum Gasteiger partial charge on any atom is 0.424 e. The number of carbonyl (C=O) groups is 1. The second-order valence-electron chi connectivity index (χ2n) is 5.29. The molecular weight excluding hydrogens is 363 g/mol. The first-order valence-electron chi connectivity index (χ1n) is 7.01. The molecule has 2 heterocycles. The lowest BCUT2D eigenvalue weighted by molar-refractivity contribution is -0.267. The monoisotopic (exact) mass is 379 g/mol. The highest BCUT2D eigenvalue weighted by Gasteiger charge is 2.58. The molecule has 0 saturated carbocycles. The lowest BCUT2D eigenvalue weighted by atomic mass is 9.99. The van der Waals surface area contributed by atoms with E-state index >= 15 is 0 Å². The lowest BCUT2D eigenvalue weighted by Gasteiger charge is -2.27. The summed E-state index contributed by atoms with van der Waals surface area (Å²) in [6, 6.07) is 0. The molecule has 0 unspecified atom stereocenters. The van der Waals surface area contributed by atoms with Crippen molar-refractivity contribution < 1.29 is 23.1 Å². The number of hydrogen-bond donors (Lipinski definition) is 2. The largest absolute Gasteiger partial charge is 0.424 e. The van der Waals surface area contributed by atoms with Crippen molar-refractivity contribution in [3.63, 3.8) is 0 Å². The van der Waals surface area contributed by atoms with Crippen molar-refractivity contribution in [2.75, 3.05) is 6.54 Å². The van der Waals surface area contributed by atoms with Gasteiger partial charge in [-0.05, 0) is 13.8 Å². The average molecular weight is 379 g/mol. The average Bonchev–Trinajstić information content (AvgIpc) is 3.06. The molecule has 2 rings (SSSR count). The number of carbonyl (C=O) groups excluding carboxylic acids is 1. The maximum atomic E-state index is 13.3. The van der Waals surface area contributed by atoms with Crippen LogP contribution in [0.25, 0.3) is 0 Å². The van der Waals surface area contributed by atoms with Gasteiger partial charge in [0, 0.05) is 29.4 Å². The summed E-state index contributed by atoms with van der Waals surface area (Å²) >= 11 is 2.14. The number of aryl methyl sites for hydroxylation is 2. The Labute approximate surface area is 144 Å². The van der Waals surface area contributed by atoms with Gasteiger partial charge >= 0.3 is 6.18 Å². The summed E-state index contributed by atoms with van der Waals surface area (Å²) < 4.78 is 39.8. The van der Waals surface area contributed by atoms with E-state index in [0.717, 1.165) is 10.7 Å². The Morgan fingerprint density at radius 3 is 2.46 bits per heavy atom. The van der Waals surface area contributed by atoms with E-state index in [9.17, 15) is 23.1 Å². The quantitative estimate of drug-likeness (QED) is 0.809. The van der Waals surface area contributed by atoms with Crippen LogP contribution < -0.4 is 5.32 Å². The fraction of sp³-hybridized carbons (Fsp3) is 0.500. The lowest BCUT2D eigenvalue weighted by Crippen LogP contribution is -2.46. The molecule has 5 nitrogen and oxygen atoms in total. The van der Waals surface area contributed by atoms with Gasteiger partial charge in [0.1, 0.15) is 5.01 Å². The van der Waals surface area contributed by atoms with Gasteiger partial charge in [-0.15, -0.1) is 22.7 Å². The van der Waals surface area contributed by atoms with Crippen molar-refractivity contribution >= 4 is 28.6 Å². The minimum atomic E-state index is -5.00. The first-order valence-corrected chi connectivity index (χ1v) is 8.77. The van der Waals surface area contributed by atoms with Crippen LogP contribution in [-0.4, -0.2) is 33.7 Å². The molecule has 132 valence electrons. The number of amides is 1. The summed E-state index contributed by atoms with van der Waals surface area (Å²) in [4.78, 5) is 19.8. The Hall–Kier alpha value is -1.52. The molecule has 0 aliphatic rings. The van der Waals surface area contributed by atoms with Gasteiger partial charge in [0.2, 0.25) is 11.5 Å². The van der Waals surface area contributed by atoms with Crippen LogP contribution in [0, 0.1) is 13.8 Å². The summed E-state index contributed by atoms with van der Waals surface area (Å²) in [5.74, 6) is -0.894. The molecule has 10 heteroatoms. The Morgan fingerprint density at radius 1 is 1.25 bits per heavy atom. The number of rotatable bonds is 6. The van der Waals surface area contributed by atoms with E-state index in [2.05, 4.69) is 15.3 Å². The van der Waals surface area contributed by atoms with Gasteiger partial charge in [-0.3, -0.25) is 4.79 Å². The zero-order valence-corrected chi connectivity index (χ0v) is 14.6. The normalized spacial score (nSPS) is 14.4. The smallest absolute Gasteiger partial charge is 0.374 e. The van der Waals surface area contributed by atoms with Gasteiger partial charge in [0.05, 0.1) is 17.1 Å². The highest BCUT2D eigenvalue weighted by atomic mass is 32.1. The Morgan fingerprint density at radius 2 is 1.96 bits per heavy atom. The number of aliphatic hydroxyl groups is 1. The van der Waals surface area contributed by atoms with E-state index in [1.807, 2.05) is 12.3 Å². The molecular formula is C14H16F3N3O2S2. The number of nitrogens with zero attached hydrogens (tertiary/aromatic N) is 2. The van der Waals surface area contributed by atoms with Crippen LogP contribution in [0.1, 0.15) is 27.8 Å². The molecule has 0 radical (unpaired) electrons. The van der Waals surface area contributed by atoms with Crippen molar-refractivity contribution in [1.82, 2.24) is 15.3 Å². The van der Waals surface area contributed by atoms with Crippen LogP contribution in [0.4, 0.5) is 13.2 Å². The van der Waals surface area contributed by atoms with E-state index < -0.39 is 29.1 Å². The van der Waals surface area contributed by atoms with E-state index in [4.69, 9.17) is 0 Å². The third-order valence-electron chi connectivity index (χ3n) is 3.23. The van der Waals surface area contributed by atoms with Gasteiger partial charge in [0.25, 0.3) is 0 Å². The minimum Gasteiger partial charge on any atom is -0.374 e. The molecule has 24 heavy (non-hydrogen) atoms. The fourth-order valence-corrected chi connectivity index (χ4v) is 3.55. The third kappa shape index (κ3) is 4.31. The molecule has 2 aromatic rings. The minimum absolute atomic E-state index is 0.146. The summed E-state index contributed by atoms with van der Waals surface area (Å²) in [6.45, 7) is 3.51. The van der Waals surface area contributed by atoms with E-state index in [1.165, 1.54) is 23.6 Å². The van der Waals surface area contributed by atoms with Gasteiger partial charge in [-0.25, -0.2) is 9.97 Å². The van der Waals surface area contributed by atoms with Gasteiger partial charge < -0.3 is 10.4 Å². The highest BCUT2D eigenvalue weighted by Crippen LogP contribution is 2.42. The zero-order valence-electron chi connectivity index (χ0n) is 13.0. The van der Waals surface area contributed by atoms with Crippen LogP contribution >= 0.6 is 22.7 Å². The van der Waals surface area contributed by atoms with Crippen LogP contribution in [0.5, 0.6) is 0 Å². The second kappa shape index (κ2) is 7.16. The summed E-state index contributed by atoms with van der Waals surface area (Å²) in [7, 11) is 0. The van der Waals surface area contributed by atoms with Crippen molar-refractivity contribution in [3.05, 3.63) is 32.2 Å². The third-order valence-corrected chi connectivity index (χ3v) is 5.16. The van der Waals surface area contributed by atoms with Crippen molar-refractivity contribution in [2.24, 2.45) is 0 Å². The Kier molecular flexibility index (Phi) is 5.61. The molecule has 0 aromatic carbocycles. The molecule has 0 aliphatic carbocycles. The van der Waals surface area contributed by atoms with Crippen LogP contribution in [0.2, 0.25) is 0 Å². The molecule has 0 fully saturated rings. The number of nitrogens with one attached hydrogen (secondary N) is 1. The van der Waals surface area contributed by atoms with Gasteiger partial charge in [-0.1, -0.05) is 0 Å². The van der Waals surface area contributed by atoms with Crippen LogP contribution in [0.15, 0.2) is 10.8 Å². The molecule has 0 saturated heterocycles. The number of thiazole rings is 2. The molecule has 1 amide bonds. The van der Waals surface area contributed by atoms with Crippen LogP contribution in [0.3, 0.4) is 0 Å². The zero-order chi connectivity index (χ0) is 18.0. The fourth-order valence-electron chi connectivity index (χ4n) is 1.99. The molecule has 2 N–H and O–H groups in total. The standard InChI is InChI=1S/C14H16F3N3O2S2/c1-8-6-24-12(19-8)13(22,14(15,16)17)5-11(21)18-4-3-10-7-23-9(2)20-10/h6-7,22H,3-5H2,1-2H3,(H,18,21)/t13-/m0/s1. The van der Waals surface area contributed by atoms with Crippen LogP contribution in [-0.2, 0) is 16.8 Å². The summed E-state index contributed by atoms with van der Waals surface area (Å²) in [5.41, 5.74) is -2.16. The maximum absolute atomic E-state index is 13.3. The predicted octanol–water partition coefficient (Wildman–Crippen LogP) is 2.72. The number of hydrogen-bond acceptors (Lipinski definition) is 6. The Bertz CT molecular complexity index is 714. The van der Waals surface area contributed by atoms with Crippen molar-refractivity contribution in [3.8, 4) is 0 Å². The molecule has 0 spiro atoms. The summed E-state index contributed by atoms with van der Waals surface area (Å²) in [6.07, 6.45) is -5.71. The first-order chi connectivity index (χ1) is 11.1. The second-order valence-corrected chi connectivity index (χ2v) is 7.21. The SMILES string of the molecule is Cc1csc([C@@](O)(CC(=O)NCCc2csc(C)n2)C(F)(F)F)n1. The van der Waals surface area contributed by atoms with Crippen molar-refractivity contribution in [2.45, 2.75) is 38.5 Å². The molecule has 0 aliphatic heterocycles. The number of aromatic nitrogens is 2. The molecule has 0 bridgehead atoms. The Balaban J connectivity index is 2.00. The van der Waals surface area contributed by atoms with Crippen molar-refractivity contribution in [1.29, 1.82) is 0 Å². The van der Waals surface area contributed by atoms with E-state index in [-0.39, 0.29) is 6.54 Å². The van der Waals surface area contributed by atoms with Gasteiger partial charge in [0.15, 0.2) is 0 Å². The topological polar surface area (TPSA) is 75.1 Å². The first kappa shape index (κ1) is 18.8. The molecule has 1 atom stereocenters.